The van der Waals surface area contributed by atoms with Gasteiger partial charge in [0.15, 0.2) is 11.5 Å². The van der Waals surface area contributed by atoms with E-state index in [2.05, 4.69) is 5.32 Å². The Hall–Kier alpha value is -2.27. The van der Waals surface area contributed by atoms with Crippen molar-refractivity contribution in [3.8, 4) is 11.5 Å². The number of rotatable bonds is 6. The Morgan fingerprint density at radius 2 is 2.04 bits per heavy atom. The van der Waals surface area contributed by atoms with Crippen molar-refractivity contribution in [2.24, 2.45) is 0 Å². The van der Waals surface area contributed by atoms with E-state index in [0.717, 1.165) is 6.42 Å². The zero-order valence-corrected chi connectivity index (χ0v) is 13.6. The standard InChI is InChI=1S/C17H17ClFNO3/c1-3-8-23-16-12(18)9-11(10-15(16)22-2)17(21)20-14-7-5-4-6-13(14)19/h4-7,9-10H,3,8H2,1-2H3,(H,20,21). The van der Waals surface area contributed by atoms with E-state index in [-0.39, 0.29) is 16.3 Å². The Labute approximate surface area is 139 Å². The zero-order chi connectivity index (χ0) is 16.8. The lowest BCUT2D eigenvalue weighted by Gasteiger charge is -2.14. The first-order chi connectivity index (χ1) is 11.1. The van der Waals surface area contributed by atoms with E-state index in [0.29, 0.717) is 18.1 Å². The minimum Gasteiger partial charge on any atom is -0.493 e. The normalized spacial score (nSPS) is 10.3. The first kappa shape index (κ1) is 17.1. The fourth-order valence-corrected chi connectivity index (χ4v) is 2.22. The molecule has 0 aliphatic carbocycles. The first-order valence-electron chi connectivity index (χ1n) is 7.13. The van der Waals surface area contributed by atoms with E-state index < -0.39 is 11.7 Å². The number of methoxy groups -OCH3 is 1. The second-order valence-electron chi connectivity index (χ2n) is 4.77. The molecule has 0 aliphatic heterocycles. The molecule has 2 rings (SSSR count). The van der Waals surface area contributed by atoms with Crippen LogP contribution < -0.4 is 14.8 Å². The summed E-state index contributed by atoms with van der Waals surface area (Å²) in [4.78, 5) is 12.3. The number of nitrogens with one attached hydrogen (secondary N) is 1. The number of carbonyl (C=O) groups excluding carboxylic acids is 1. The van der Waals surface area contributed by atoms with E-state index in [9.17, 15) is 9.18 Å². The Balaban J connectivity index is 2.27. The molecule has 23 heavy (non-hydrogen) atoms. The number of hydrogen-bond donors (Lipinski definition) is 1. The molecule has 0 aliphatic rings. The van der Waals surface area contributed by atoms with Crippen LogP contribution in [0.5, 0.6) is 11.5 Å². The molecule has 122 valence electrons. The summed E-state index contributed by atoms with van der Waals surface area (Å²) >= 11 is 6.17. The van der Waals surface area contributed by atoms with Gasteiger partial charge in [0.05, 0.1) is 24.4 Å². The molecule has 0 saturated carbocycles. The Bertz CT molecular complexity index is 706. The molecule has 0 aromatic heterocycles. The summed E-state index contributed by atoms with van der Waals surface area (Å²) in [6.45, 7) is 2.45. The Kier molecular flexibility index (Phi) is 5.82. The second kappa shape index (κ2) is 7.83. The van der Waals surface area contributed by atoms with Crippen LogP contribution in [0.25, 0.3) is 0 Å². The smallest absolute Gasteiger partial charge is 0.255 e. The Morgan fingerprint density at radius 3 is 2.70 bits per heavy atom. The average molecular weight is 338 g/mol. The molecule has 1 amide bonds. The largest absolute Gasteiger partial charge is 0.493 e. The molecule has 4 nitrogen and oxygen atoms in total. The summed E-state index contributed by atoms with van der Waals surface area (Å²) in [5.41, 5.74) is 0.345. The van der Waals surface area contributed by atoms with Crippen molar-refractivity contribution in [3.63, 3.8) is 0 Å². The molecule has 0 atom stereocenters. The van der Waals surface area contributed by atoms with Gasteiger partial charge < -0.3 is 14.8 Å². The monoisotopic (exact) mass is 337 g/mol. The topological polar surface area (TPSA) is 47.6 Å². The van der Waals surface area contributed by atoms with Crippen LogP contribution in [-0.4, -0.2) is 19.6 Å². The van der Waals surface area contributed by atoms with Crippen molar-refractivity contribution in [3.05, 3.63) is 52.8 Å². The predicted octanol–water partition coefficient (Wildman–Crippen LogP) is 4.53. The number of ether oxygens (including phenoxy) is 2. The lowest BCUT2D eigenvalue weighted by molar-refractivity contribution is 0.102. The van der Waals surface area contributed by atoms with Gasteiger partial charge in [-0.15, -0.1) is 0 Å². The third-order valence-corrected chi connectivity index (χ3v) is 3.34. The molecule has 0 saturated heterocycles. The maximum Gasteiger partial charge on any atom is 0.255 e. The highest BCUT2D eigenvalue weighted by atomic mass is 35.5. The number of halogens is 2. The van der Waals surface area contributed by atoms with Crippen LogP contribution in [-0.2, 0) is 0 Å². The van der Waals surface area contributed by atoms with Crippen LogP contribution in [0, 0.1) is 5.82 Å². The van der Waals surface area contributed by atoms with Crippen LogP contribution in [0.2, 0.25) is 5.02 Å². The van der Waals surface area contributed by atoms with Crippen molar-refractivity contribution in [1.82, 2.24) is 0 Å². The summed E-state index contributed by atoms with van der Waals surface area (Å²) in [5.74, 6) is -0.262. The van der Waals surface area contributed by atoms with Crippen molar-refractivity contribution >= 4 is 23.2 Å². The summed E-state index contributed by atoms with van der Waals surface area (Å²) in [6.07, 6.45) is 0.814. The average Bonchev–Trinajstić information content (AvgIpc) is 2.55. The number of benzene rings is 2. The molecule has 0 unspecified atom stereocenters. The fourth-order valence-electron chi connectivity index (χ4n) is 1.95. The maximum atomic E-state index is 13.6. The summed E-state index contributed by atoms with van der Waals surface area (Å²) in [7, 11) is 1.46. The van der Waals surface area contributed by atoms with Gasteiger partial charge in [0.1, 0.15) is 5.82 Å². The quantitative estimate of drug-likeness (QED) is 0.842. The van der Waals surface area contributed by atoms with Gasteiger partial charge in [0, 0.05) is 5.56 Å². The van der Waals surface area contributed by atoms with Crippen molar-refractivity contribution < 1.29 is 18.7 Å². The lowest BCUT2D eigenvalue weighted by atomic mass is 10.1. The number of hydrogen-bond acceptors (Lipinski definition) is 3. The molecular formula is C17H17ClFNO3. The predicted molar refractivity (Wildman–Crippen MR) is 88.1 cm³/mol. The van der Waals surface area contributed by atoms with E-state index in [1.165, 1.54) is 31.4 Å². The molecular weight excluding hydrogens is 321 g/mol. The van der Waals surface area contributed by atoms with Gasteiger partial charge in [-0.2, -0.15) is 0 Å². The minimum atomic E-state index is -0.512. The molecule has 6 heteroatoms. The van der Waals surface area contributed by atoms with Crippen LogP contribution in [0.1, 0.15) is 23.7 Å². The highest BCUT2D eigenvalue weighted by Gasteiger charge is 2.16. The van der Waals surface area contributed by atoms with Crippen molar-refractivity contribution in [2.75, 3.05) is 19.0 Å². The fraction of sp³-hybridized carbons (Fsp3) is 0.235. The highest BCUT2D eigenvalue weighted by Crippen LogP contribution is 2.36. The van der Waals surface area contributed by atoms with E-state index in [4.69, 9.17) is 21.1 Å². The molecule has 0 bridgehead atoms. The summed E-state index contributed by atoms with van der Waals surface area (Å²) in [5, 5.41) is 2.76. The second-order valence-corrected chi connectivity index (χ2v) is 5.18. The summed E-state index contributed by atoms with van der Waals surface area (Å²) < 4.78 is 24.4. The van der Waals surface area contributed by atoms with Gasteiger partial charge in [-0.3, -0.25) is 4.79 Å². The van der Waals surface area contributed by atoms with Gasteiger partial charge in [0.2, 0.25) is 0 Å². The lowest BCUT2D eigenvalue weighted by Crippen LogP contribution is -2.13. The van der Waals surface area contributed by atoms with Gasteiger partial charge in [-0.1, -0.05) is 30.7 Å². The number of para-hydroxylation sites is 1. The molecule has 2 aromatic rings. The molecule has 0 spiro atoms. The van der Waals surface area contributed by atoms with E-state index in [1.807, 2.05) is 6.92 Å². The SMILES string of the molecule is CCCOc1c(Cl)cc(C(=O)Nc2ccccc2F)cc1OC. The van der Waals surface area contributed by atoms with Gasteiger partial charge in [-0.25, -0.2) is 4.39 Å². The molecule has 0 heterocycles. The molecule has 0 radical (unpaired) electrons. The molecule has 2 aromatic carbocycles. The number of carbonyl (C=O) groups is 1. The third kappa shape index (κ3) is 4.13. The number of amides is 1. The van der Waals surface area contributed by atoms with Crippen LogP contribution in [0.15, 0.2) is 36.4 Å². The first-order valence-corrected chi connectivity index (χ1v) is 7.50. The van der Waals surface area contributed by atoms with Crippen LogP contribution in [0.3, 0.4) is 0 Å². The third-order valence-electron chi connectivity index (χ3n) is 3.06. The van der Waals surface area contributed by atoms with E-state index >= 15 is 0 Å². The van der Waals surface area contributed by atoms with Crippen LogP contribution in [0.4, 0.5) is 10.1 Å². The van der Waals surface area contributed by atoms with Gasteiger partial charge in [-0.05, 0) is 30.7 Å². The maximum absolute atomic E-state index is 13.6. The zero-order valence-electron chi connectivity index (χ0n) is 12.9. The molecule has 1 N–H and O–H groups in total. The minimum absolute atomic E-state index is 0.0962. The highest BCUT2D eigenvalue weighted by molar-refractivity contribution is 6.32. The van der Waals surface area contributed by atoms with Gasteiger partial charge >= 0.3 is 0 Å². The van der Waals surface area contributed by atoms with Crippen LogP contribution >= 0.6 is 11.6 Å². The van der Waals surface area contributed by atoms with Crippen molar-refractivity contribution in [2.45, 2.75) is 13.3 Å². The number of anilines is 1. The Morgan fingerprint density at radius 1 is 1.30 bits per heavy atom. The summed E-state index contributed by atoms with van der Waals surface area (Å²) in [6, 6.07) is 8.90. The van der Waals surface area contributed by atoms with Gasteiger partial charge in [0.25, 0.3) is 5.91 Å². The van der Waals surface area contributed by atoms with Crippen molar-refractivity contribution in [1.29, 1.82) is 0 Å². The van der Waals surface area contributed by atoms with E-state index in [1.54, 1.807) is 12.1 Å². The molecule has 0 fully saturated rings.